The van der Waals surface area contributed by atoms with Gasteiger partial charge in [0, 0.05) is 0 Å². The molecule has 0 saturated heterocycles. The van der Waals surface area contributed by atoms with Crippen LogP contribution < -0.4 is 0 Å². The summed E-state index contributed by atoms with van der Waals surface area (Å²) >= 11 is 0. The van der Waals surface area contributed by atoms with Crippen LogP contribution in [0.2, 0.25) is 0 Å². The van der Waals surface area contributed by atoms with Crippen LogP contribution in [0.5, 0.6) is 0 Å². The van der Waals surface area contributed by atoms with E-state index in [4.69, 9.17) is 9.84 Å². The fraction of sp³-hybridized carbons (Fsp3) is 0.800. The summed E-state index contributed by atoms with van der Waals surface area (Å²) < 4.78 is 5.38. The Labute approximate surface area is 166 Å². The van der Waals surface area contributed by atoms with Crippen molar-refractivity contribution in [3.8, 4) is 0 Å². The van der Waals surface area contributed by atoms with E-state index in [-0.39, 0.29) is 0 Å². The molecule has 0 rings (SSSR count). The highest BCUT2D eigenvalue weighted by Crippen LogP contribution is 2.27. The van der Waals surface area contributed by atoms with Crippen LogP contribution in [0.1, 0.15) is 85.0 Å². The van der Waals surface area contributed by atoms with Gasteiger partial charge in [-0.2, -0.15) is 0 Å². The predicted octanol–water partition coefficient (Wildman–Crippen LogP) is 2.94. The van der Waals surface area contributed by atoms with E-state index in [1.165, 1.54) is 0 Å². The molecule has 28 heavy (non-hydrogen) atoms. The van der Waals surface area contributed by atoms with E-state index in [1.54, 1.807) is 0 Å². The first-order valence-electron chi connectivity index (χ1n) is 9.98. The largest absolute Gasteiger partial charge is 0.481 e. The van der Waals surface area contributed by atoms with E-state index >= 15 is 0 Å². The lowest BCUT2D eigenvalue weighted by atomic mass is 9.82. The number of carboxylic acids is 2. The van der Waals surface area contributed by atoms with Gasteiger partial charge in [-0.05, 0) is 26.2 Å². The Kier molecular flexibility index (Phi) is 12.3. The van der Waals surface area contributed by atoms with Crippen molar-refractivity contribution in [1.29, 1.82) is 0 Å². The number of carbonyl (C=O) groups excluding carboxylic acids is 2. The minimum atomic E-state index is -3.05. The quantitative estimate of drug-likeness (QED) is 0.203. The van der Waals surface area contributed by atoms with Crippen molar-refractivity contribution < 1.29 is 39.2 Å². The molecule has 8 nitrogen and oxygen atoms in total. The molecule has 0 heterocycles. The second-order valence-corrected chi connectivity index (χ2v) is 7.25. The maximum absolute atomic E-state index is 12.6. The van der Waals surface area contributed by atoms with Crippen molar-refractivity contribution >= 4 is 23.7 Å². The Morgan fingerprint density at radius 2 is 1.43 bits per heavy atom. The van der Waals surface area contributed by atoms with E-state index < -0.39 is 47.7 Å². The van der Waals surface area contributed by atoms with E-state index in [2.05, 4.69) is 6.92 Å². The highest BCUT2D eigenvalue weighted by molar-refractivity contribution is 6.05. The second-order valence-electron chi connectivity index (χ2n) is 7.25. The van der Waals surface area contributed by atoms with Crippen molar-refractivity contribution in [1.82, 2.24) is 0 Å². The summed E-state index contributed by atoms with van der Waals surface area (Å²) in [5.74, 6) is -7.81. The summed E-state index contributed by atoms with van der Waals surface area (Å²) in [5.41, 5.74) is -3.05. The zero-order chi connectivity index (χ0) is 21.7. The average Bonchev–Trinajstić information content (AvgIpc) is 2.57. The first-order valence-corrected chi connectivity index (χ1v) is 9.98. The van der Waals surface area contributed by atoms with Gasteiger partial charge < -0.3 is 20.1 Å². The van der Waals surface area contributed by atoms with Crippen LogP contribution in [-0.2, 0) is 23.9 Å². The van der Waals surface area contributed by atoms with Crippen molar-refractivity contribution in [2.75, 3.05) is 0 Å². The number of carbonyl (C=O) groups is 4. The summed E-state index contributed by atoms with van der Waals surface area (Å²) in [6.45, 7) is 5.02. The predicted molar refractivity (Wildman–Crippen MR) is 102 cm³/mol. The van der Waals surface area contributed by atoms with Crippen LogP contribution in [0.3, 0.4) is 0 Å². The molecule has 0 amide bonds. The van der Waals surface area contributed by atoms with Crippen LogP contribution in [0, 0.1) is 5.92 Å². The first kappa shape index (κ1) is 26.0. The van der Waals surface area contributed by atoms with Gasteiger partial charge in [-0.1, -0.05) is 52.4 Å². The molecule has 0 fully saturated rings. The maximum Gasteiger partial charge on any atom is 0.337 e. The zero-order valence-corrected chi connectivity index (χ0v) is 17.1. The minimum absolute atomic E-state index is 0.501. The summed E-state index contributed by atoms with van der Waals surface area (Å²) in [6.07, 6.45) is 6.10. The molecule has 0 aromatic carbocycles. The molecule has 162 valence electrons. The number of aliphatic carboxylic acids is 2. The molecule has 0 spiro atoms. The summed E-state index contributed by atoms with van der Waals surface area (Å²) in [7, 11) is 0. The molecule has 0 radical (unpaired) electrons. The minimum Gasteiger partial charge on any atom is -0.481 e. The smallest absolute Gasteiger partial charge is 0.337 e. The van der Waals surface area contributed by atoms with Crippen LogP contribution in [-0.4, -0.2) is 50.7 Å². The molecule has 0 bridgehead atoms. The summed E-state index contributed by atoms with van der Waals surface area (Å²) in [4.78, 5) is 46.9. The van der Waals surface area contributed by atoms with Gasteiger partial charge in [0.1, 0.15) is 11.9 Å². The van der Waals surface area contributed by atoms with Crippen LogP contribution in [0.15, 0.2) is 0 Å². The summed E-state index contributed by atoms with van der Waals surface area (Å²) in [6, 6.07) is 0. The van der Waals surface area contributed by atoms with E-state index in [1.807, 2.05) is 6.92 Å². The van der Waals surface area contributed by atoms with Gasteiger partial charge in [-0.3, -0.25) is 14.4 Å². The third kappa shape index (κ3) is 8.82. The van der Waals surface area contributed by atoms with Crippen LogP contribution in [0.4, 0.5) is 0 Å². The monoisotopic (exact) mass is 402 g/mol. The molecule has 3 unspecified atom stereocenters. The summed E-state index contributed by atoms with van der Waals surface area (Å²) in [5, 5.41) is 28.5. The Bertz CT molecular complexity index is 530. The lowest BCUT2D eigenvalue weighted by Crippen LogP contribution is -2.54. The Hall–Kier alpha value is -1.96. The van der Waals surface area contributed by atoms with Gasteiger partial charge >= 0.3 is 17.9 Å². The number of aliphatic hydroxyl groups is 1. The SMILES string of the molecule is CCCCCCCC(CCCC)OC(=O)C(C(C)=O)C(O)(CC(=O)O)C(=O)O. The van der Waals surface area contributed by atoms with Crippen molar-refractivity contribution in [2.24, 2.45) is 5.92 Å². The fourth-order valence-electron chi connectivity index (χ4n) is 3.13. The number of Topliss-reactive ketones (excluding diaryl/α,β-unsaturated/α-hetero) is 1. The molecule has 0 aliphatic carbocycles. The normalized spacial score (nSPS) is 15.3. The number of ether oxygens (including phenoxy) is 1. The lowest BCUT2D eigenvalue weighted by Gasteiger charge is -2.29. The zero-order valence-electron chi connectivity index (χ0n) is 17.1. The van der Waals surface area contributed by atoms with E-state index in [0.29, 0.717) is 12.8 Å². The average molecular weight is 402 g/mol. The lowest BCUT2D eigenvalue weighted by molar-refractivity contribution is -0.185. The van der Waals surface area contributed by atoms with Crippen molar-refractivity contribution in [3.05, 3.63) is 0 Å². The molecular formula is C20H34O8. The molecule has 0 aromatic heterocycles. The number of carboxylic acid groups (broad SMARTS) is 2. The fourth-order valence-corrected chi connectivity index (χ4v) is 3.13. The Morgan fingerprint density at radius 1 is 0.893 bits per heavy atom. The van der Waals surface area contributed by atoms with Crippen LogP contribution in [0.25, 0.3) is 0 Å². The van der Waals surface area contributed by atoms with Gasteiger partial charge in [-0.15, -0.1) is 0 Å². The van der Waals surface area contributed by atoms with Gasteiger partial charge in [0.2, 0.25) is 0 Å². The van der Waals surface area contributed by atoms with Crippen molar-refractivity contribution in [3.63, 3.8) is 0 Å². The van der Waals surface area contributed by atoms with Crippen LogP contribution >= 0.6 is 0 Å². The molecule has 8 heteroatoms. The molecule has 3 atom stereocenters. The van der Waals surface area contributed by atoms with Gasteiger partial charge in [-0.25, -0.2) is 4.79 Å². The third-order valence-corrected chi connectivity index (χ3v) is 4.70. The molecule has 0 aromatic rings. The standard InChI is InChI=1S/C20H34O8/c1-4-6-8-9-10-12-15(11-7-5-2)28-18(24)17(14(3)21)20(27,19(25)26)13-16(22)23/h15,17,27H,4-13H2,1-3H3,(H,22,23)(H,25,26). The second kappa shape index (κ2) is 13.3. The molecule has 0 aliphatic heterocycles. The van der Waals surface area contributed by atoms with E-state index in [9.17, 15) is 29.4 Å². The van der Waals surface area contributed by atoms with Gasteiger partial charge in [0.15, 0.2) is 11.5 Å². The molecular weight excluding hydrogens is 368 g/mol. The topological polar surface area (TPSA) is 138 Å². The Morgan fingerprint density at radius 3 is 1.89 bits per heavy atom. The first-order chi connectivity index (χ1) is 13.1. The number of hydrogen-bond acceptors (Lipinski definition) is 6. The molecule has 3 N–H and O–H groups in total. The number of rotatable bonds is 16. The molecule has 0 saturated carbocycles. The van der Waals surface area contributed by atoms with Gasteiger partial charge in [0.05, 0.1) is 6.42 Å². The highest BCUT2D eigenvalue weighted by Gasteiger charge is 2.53. The van der Waals surface area contributed by atoms with Gasteiger partial charge in [0.25, 0.3) is 0 Å². The number of unbranched alkanes of at least 4 members (excludes halogenated alkanes) is 5. The highest BCUT2D eigenvalue weighted by atomic mass is 16.5. The Balaban J connectivity index is 5.28. The third-order valence-electron chi connectivity index (χ3n) is 4.70. The number of hydrogen-bond donors (Lipinski definition) is 3. The number of ketones is 1. The number of esters is 1. The van der Waals surface area contributed by atoms with E-state index in [0.717, 1.165) is 51.9 Å². The molecule has 0 aliphatic rings. The van der Waals surface area contributed by atoms with Crippen molar-refractivity contribution in [2.45, 2.75) is 96.7 Å². The maximum atomic E-state index is 12.6.